The lowest BCUT2D eigenvalue weighted by molar-refractivity contribution is -0.126. The van der Waals surface area contributed by atoms with Gasteiger partial charge in [0.2, 0.25) is 5.91 Å². The Morgan fingerprint density at radius 2 is 1.63 bits per heavy atom. The number of aromatic nitrogens is 2. The van der Waals surface area contributed by atoms with Crippen molar-refractivity contribution < 1.29 is 24.6 Å². The molecule has 0 unspecified atom stereocenters. The molecule has 198 valence electrons. The molecule has 0 spiro atoms. The average Bonchev–Trinajstić information content (AvgIpc) is 3.44. The smallest absolute Gasteiger partial charge is 0.251 e. The van der Waals surface area contributed by atoms with Crippen molar-refractivity contribution in [1.82, 2.24) is 14.9 Å². The molecule has 0 saturated heterocycles. The molecule has 9 nitrogen and oxygen atoms in total. The van der Waals surface area contributed by atoms with E-state index in [1.54, 1.807) is 48.9 Å². The minimum atomic E-state index is -1.18. The van der Waals surface area contributed by atoms with Crippen molar-refractivity contribution >= 4 is 23.3 Å². The van der Waals surface area contributed by atoms with Crippen molar-refractivity contribution in [2.45, 2.75) is 51.3 Å². The highest BCUT2D eigenvalue weighted by atomic mass is 16.3. The number of aryl methyl sites for hydroxylation is 1. The van der Waals surface area contributed by atoms with Gasteiger partial charge in [-0.15, -0.1) is 0 Å². The first-order chi connectivity index (χ1) is 18.4. The number of aliphatic hydroxyl groups excluding tert-OH is 2. The van der Waals surface area contributed by atoms with Crippen LogP contribution in [0, 0.1) is 11.8 Å². The molecule has 2 aromatic carbocycles. The van der Waals surface area contributed by atoms with E-state index in [2.05, 4.69) is 27.5 Å². The zero-order chi connectivity index (χ0) is 27.3. The van der Waals surface area contributed by atoms with Crippen LogP contribution in [0.25, 0.3) is 0 Å². The number of hydrogen-bond donors (Lipinski definition) is 4. The van der Waals surface area contributed by atoms with Crippen molar-refractivity contribution in [2.24, 2.45) is 0 Å². The Hall–Kier alpha value is -4.26. The number of benzene rings is 2. The minimum Gasteiger partial charge on any atom is -0.391 e. The summed E-state index contributed by atoms with van der Waals surface area (Å²) in [5.74, 6) is 4.84. The summed E-state index contributed by atoms with van der Waals surface area (Å²) in [6, 6.07) is 12.6. The molecule has 0 saturated carbocycles. The fourth-order valence-corrected chi connectivity index (χ4v) is 3.68. The largest absolute Gasteiger partial charge is 0.391 e. The van der Waals surface area contributed by atoms with Crippen molar-refractivity contribution in [1.29, 1.82) is 0 Å². The van der Waals surface area contributed by atoms with Gasteiger partial charge >= 0.3 is 0 Å². The molecule has 9 heteroatoms. The fraction of sp³-hybridized carbons (Fsp3) is 0.310. The number of imidazole rings is 1. The number of hydrogen-bond acceptors (Lipinski definition) is 6. The summed E-state index contributed by atoms with van der Waals surface area (Å²) < 4.78 is 2.03. The standard InChI is InChI=1S/C29H32N4O5/c1-21(35)28(26(36)19-34)32-29(38)24-12-8-22(9-13-24)6-7-23-10-14-25(15-11-23)31-27(37)5-3-2-4-17-33-18-16-30-20-33/h8-16,18,20-21,28,34-35H,2-5,17,19H2,1H3,(H,31,37)(H,32,38)/t21-,28+/m1/s1. The molecular weight excluding hydrogens is 484 g/mol. The highest BCUT2D eigenvalue weighted by Crippen LogP contribution is 2.11. The molecule has 0 aliphatic rings. The van der Waals surface area contributed by atoms with Gasteiger partial charge in [0.15, 0.2) is 5.78 Å². The van der Waals surface area contributed by atoms with E-state index < -0.39 is 30.4 Å². The second-order valence-corrected chi connectivity index (χ2v) is 8.88. The van der Waals surface area contributed by atoms with E-state index in [1.807, 2.05) is 22.9 Å². The topological polar surface area (TPSA) is 134 Å². The molecule has 1 heterocycles. The normalized spacial score (nSPS) is 12.1. The number of ketones is 1. The van der Waals surface area contributed by atoms with E-state index in [4.69, 9.17) is 5.11 Å². The van der Waals surface area contributed by atoms with Crippen molar-refractivity contribution in [3.05, 3.63) is 83.9 Å². The molecule has 38 heavy (non-hydrogen) atoms. The van der Waals surface area contributed by atoms with E-state index in [9.17, 15) is 19.5 Å². The van der Waals surface area contributed by atoms with E-state index >= 15 is 0 Å². The lowest BCUT2D eigenvalue weighted by Gasteiger charge is -2.19. The van der Waals surface area contributed by atoms with Crippen LogP contribution in [0.2, 0.25) is 0 Å². The number of amides is 2. The summed E-state index contributed by atoms with van der Waals surface area (Å²) in [4.78, 5) is 40.3. The molecule has 1 aromatic heterocycles. The van der Waals surface area contributed by atoms with Crippen LogP contribution in [0.3, 0.4) is 0 Å². The van der Waals surface area contributed by atoms with E-state index in [0.717, 1.165) is 31.4 Å². The summed E-state index contributed by atoms with van der Waals surface area (Å²) in [6.45, 7) is 1.50. The Bertz CT molecular complexity index is 1260. The van der Waals surface area contributed by atoms with Crippen molar-refractivity contribution in [2.75, 3.05) is 11.9 Å². The summed E-state index contributed by atoms with van der Waals surface area (Å²) in [5.41, 5.74) is 2.46. The lowest BCUT2D eigenvalue weighted by Crippen LogP contribution is -2.48. The average molecular weight is 517 g/mol. The quantitative estimate of drug-likeness (QED) is 0.216. The van der Waals surface area contributed by atoms with Gasteiger partial charge in [-0.25, -0.2) is 4.98 Å². The third kappa shape index (κ3) is 9.00. The number of nitrogens with one attached hydrogen (secondary N) is 2. The van der Waals surface area contributed by atoms with Crippen LogP contribution in [0.15, 0.2) is 67.3 Å². The number of aliphatic hydroxyl groups is 2. The van der Waals surface area contributed by atoms with Crippen LogP contribution >= 0.6 is 0 Å². The monoisotopic (exact) mass is 516 g/mol. The molecule has 0 aliphatic heterocycles. The molecule has 3 rings (SSSR count). The van der Waals surface area contributed by atoms with Crippen molar-refractivity contribution in [3.8, 4) is 11.8 Å². The second kappa shape index (κ2) is 14.5. The SMILES string of the molecule is C[C@@H](O)[C@H](NC(=O)c1ccc(C#Cc2ccc(NC(=O)CCCCCn3ccnc3)cc2)cc1)C(=O)CO. The summed E-state index contributed by atoms with van der Waals surface area (Å²) in [5, 5.41) is 24.0. The minimum absolute atomic E-state index is 0.0175. The third-order valence-electron chi connectivity index (χ3n) is 5.82. The lowest BCUT2D eigenvalue weighted by atomic mass is 10.1. The van der Waals surface area contributed by atoms with Gasteiger partial charge in [-0.1, -0.05) is 18.3 Å². The maximum Gasteiger partial charge on any atom is 0.251 e. The van der Waals surface area contributed by atoms with Gasteiger partial charge in [0.25, 0.3) is 5.91 Å². The van der Waals surface area contributed by atoms with Gasteiger partial charge in [0.1, 0.15) is 12.6 Å². The van der Waals surface area contributed by atoms with Gasteiger partial charge in [-0.3, -0.25) is 14.4 Å². The molecule has 4 N–H and O–H groups in total. The maximum absolute atomic E-state index is 12.4. The second-order valence-electron chi connectivity index (χ2n) is 8.88. The van der Waals surface area contributed by atoms with E-state index in [-0.39, 0.29) is 5.91 Å². The van der Waals surface area contributed by atoms with Gasteiger partial charge in [0, 0.05) is 47.7 Å². The molecule has 3 aromatic rings. The Kier molecular flexibility index (Phi) is 10.8. The van der Waals surface area contributed by atoms with Crippen molar-refractivity contribution in [3.63, 3.8) is 0 Å². The van der Waals surface area contributed by atoms with Gasteiger partial charge < -0.3 is 25.4 Å². The molecule has 0 radical (unpaired) electrons. The Morgan fingerprint density at radius 1 is 0.974 bits per heavy atom. The first-order valence-electron chi connectivity index (χ1n) is 12.5. The highest BCUT2D eigenvalue weighted by molar-refractivity contribution is 5.98. The first kappa shape index (κ1) is 28.3. The Labute approximate surface area is 221 Å². The van der Waals surface area contributed by atoms with Gasteiger partial charge in [0.05, 0.1) is 12.4 Å². The summed E-state index contributed by atoms with van der Waals surface area (Å²) in [6.07, 6.45) is 7.61. The Balaban J connectivity index is 1.45. The molecular formula is C29H32N4O5. The third-order valence-corrected chi connectivity index (χ3v) is 5.82. The zero-order valence-electron chi connectivity index (χ0n) is 21.3. The summed E-state index contributed by atoms with van der Waals surface area (Å²) >= 11 is 0. The Morgan fingerprint density at radius 3 is 2.21 bits per heavy atom. The predicted octanol–water partition coefficient (Wildman–Crippen LogP) is 2.52. The van der Waals surface area contributed by atoms with Crippen LogP contribution < -0.4 is 10.6 Å². The van der Waals surface area contributed by atoms with Crippen LogP contribution in [0.1, 0.15) is 54.1 Å². The van der Waals surface area contributed by atoms with E-state index in [0.29, 0.717) is 23.2 Å². The van der Waals surface area contributed by atoms with Gasteiger partial charge in [-0.05, 0) is 68.3 Å². The van der Waals surface area contributed by atoms with E-state index in [1.165, 1.54) is 6.92 Å². The van der Waals surface area contributed by atoms with Gasteiger partial charge in [-0.2, -0.15) is 0 Å². The fourth-order valence-electron chi connectivity index (χ4n) is 3.68. The van der Waals surface area contributed by atoms with Crippen LogP contribution in [0.4, 0.5) is 5.69 Å². The zero-order valence-corrected chi connectivity index (χ0v) is 21.3. The number of anilines is 1. The number of nitrogens with zero attached hydrogens (tertiary/aromatic N) is 2. The molecule has 2 amide bonds. The molecule has 2 atom stereocenters. The number of rotatable bonds is 12. The number of Topliss-reactive ketones (excluding diaryl/α,β-unsaturated/α-hetero) is 1. The maximum atomic E-state index is 12.4. The van der Waals surface area contributed by atoms with Crippen LogP contribution in [-0.4, -0.2) is 56.1 Å². The van der Waals surface area contributed by atoms with Crippen LogP contribution in [-0.2, 0) is 16.1 Å². The molecule has 0 fully saturated rings. The predicted molar refractivity (Wildman–Crippen MR) is 143 cm³/mol. The number of carbonyl (C=O) groups excluding carboxylic acids is 3. The highest BCUT2D eigenvalue weighted by Gasteiger charge is 2.25. The van der Waals surface area contributed by atoms with Crippen LogP contribution in [0.5, 0.6) is 0 Å². The molecule has 0 aliphatic carbocycles. The number of carbonyl (C=O) groups is 3. The summed E-state index contributed by atoms with van der Waals surface area (Å²) in [7, 11) is 0. The molecule has 0 bridgehead atoms. The first-order valence-corrected chi connectivity index (χ1v) is 12.5. The number of unbranched alkanes of at least 4 members (excludes halogenated alkanes) is 2.